The van der Waals surface area contributed by atoms with Crippen molar-refractivity contribution < 1.29 is 19.2 Å². The topological polar surface area (TPSA) is 74.8 Å². The Labute approximate surface area is 190 Å². The number of hydrogen-bond acceptors (Lipinski definition) is 4. The molecule has 6 heteroatoms. The van der Waals surface area contributed by atoms with Crippen LogP contribution in [0.2, 0.25) is 0 Å². The van der Waals surface area contributed by atoms with Gasteiger partial charge in [-0.15, -0.1) is 0 Å². The van der Waals surface area contributed by atoms with E-state index in [4.69, 9.17) is 0 Å². The normalized spacial score (nSPS) is 37.4. The largest absolute Gasteiger partial charge is 0.282 e. The first kappa shape index (κ1) is 21.6. The second-order valence-electron chi connectivity index (χ2n) is 10.8. The smallest absolute Gasteiger partial charge is 0.236 e. The number of rotatable bonds is 4. The Bertz CT molecular complexity index is 847. The van der Waals surface area contributed by atoms with Crippen LogP contribution in [0.25, 0.3) is 0 Å². The number of allylic oxidation sites excluding steroid dienone is 2. The van der Waals surface area contributed by atoms with Crippen LogP contribution in [0.3, 0.4) is 0 Å². The minimum absolute atomic E-state index is 0.00186. The van der Waals surface area contributed by atoms with Crippen molar-refractivity contribution >= 4 is 23.6 Å². The summed E-state index contributed by atoms with van der Waals surface area (Å²) in [6.45, 7) is 5.05. The van der Waals surface area contributed by atoms with Gasteiger partial charge in [-0.1, -0.05) is 29.7 Å². The molecule has 172 valence electrons. The van der Waals surface area contributed by atoms with Gasteiger partial charge in [0.15, 0.2) is 0 Å². The van der Waals surface area contributed by atoms with Crippen molar-refractivity contribution in [3.8, 4) is 0 Å². The van der Waals surface area contributed by atoms with Gasteiger partial charge in [-0.3, -0.25) is 29.0 Å². The van der Waals surface area contributed by atoms with Crippen molar-refractivity contribution in [3.05, 3.63) is 23.3 Å². The Kier molecular flexibility index (Phi) is 5.58. The lowest BCUT2D eigenvalue weighted by molar-refractivity contribution is -0.141. The van der Waals surface area contributed by atoms with Gasteiger partial charge in [-0.2, -0.15) is 0 Å². The molecule has 5 rings (SSSR count). The first-order valence-electron chi connectivity index (χ1n) is 12.4. The highest BCUT2D eigenvalue weighted by atomic mass is 16.2. The minimum Gasteiger partial charge on any atom is -0.282 e. The van der Waals surface area contributed by atoms with E-state index in [1.165, 1.54) is 20.9 Å². The summed E-state index contributed by atoms with van der Waals surface area (Å²) >= 11 is 0. The first-order chi connectivity index (χ1) is 15.3. The van der Waals surface area contributed by atoms with Crippen molar-refractivity contribution in [1.82, 2.24) is 9.80 Å². The summed E-state index contributed by atoms with van der Waals surface area (Å²) in [5, 5.41) is 0. The second kappa shape index (κ2) is 8.27. The lowest BCUT2D eigenvalue weighted by atomic mass is 9.81. The minimum atomic E-state index is -0.268. The molecule has 3 aliphatic carbocycles. The van der Waals surface area contributed by atoms with Gasteiger partial charge in [0.2, 0.25) is 23.6 Å². The summed E-state index contributed by atoms with van der Waals surface area (Å²) in [7, 11) is 0. The third-order valence-electron chi connectivity index (χ3n) is 8.54. The molecule has 3 fully saturated rings. The molecule has 2 aliphatic heterocycles. The van der Waals surface area contributed by atoms with Crippen molar-refractivity contribution in [1.29, 1.82) is 0 Å². The van der Waals surface area contributed by atoms with Gasteiger partial charge in [-0.25, -0.2) is 0 Å². The van der Waals surface area contributed by atoms with Crippen molar-refractivity contribution in [2.45, 2.75) is 65.2 Å². The van der Waals surface area contributed by atoms with E-state index < -0.39 is 0 Å². The molecule has 6 unspecified atom stereocenters. The highest BCUT2D eigenvalue weighted by Crippen LogP contribution is 2.40. The Hall–Kier alpha value is -2.24. The third-order valence-corrected chi connectivity index (χ3v) is 8.54. The predicted octanol–water partition coefficient (Wildman–Crippen LogP) is 3.48. The number of likely N-dealkylation sites (tertiary alicyclic amines) is 2. The molecule has 6 nitrogen and oxygen atoms in total. The summed E-state index contributed by atoms with van der Waals surface area (Å²) in [6, 6.07) is 0. The third kappa shape index (κ3) is 3.65. The number of fused-ring (bicyclic) bond motifs is 2. The summed E-state index contributed by atoms with van der Waals surface area (Å²) in [6.07, 6.45) is 11.2. The average molecular weight is 439 g/mol. The van der Waals surface area contributed by atoms with E-state index >= 15 is 0 Å². The maximum Gasteiger partial charge on any atom is 0.236 e. The van der Waals surface area contributed by atoms with Crippen molar-refractivity contribution in [2.24, 2.45) is 35.5 Å². The van der Waals surface area contributed by atoms with Crippen LogP contribution in [-0.4, -0.2) is 46.5 Å². The lowest BCUT2D eigenvalue weighted by Gasteiger charge is -2.33. The molecule has 5 aliphatic rings. The molecule has 0 aromatic rings. The Balaban J connectivity index is 1.22. The zero-order valence-electron chi connectivity index (χ0n) is 19.2. The van der Waals surface area contributed by atoms with Gasteiger partial charge in [0.1, 0.15) is 0 Å². The number of carbonyl (C=O) groups excluding carboxylic acids is 4. The van der Waals surface area contributed by atoms with Crippen LogP contribution in [0.5, 0.6) is 0 Å². The Morgan fingerprint density at radius 2 is 1.12 bits per heavy atom. The standard InChI is InChI=1S/C26H34N2O4/c1-15-6-8-19-21(10-15)25(31)27(23(19)29)13-17-4-3-5-18(12-17)14-28-24(30)20-9-7-16(2)11-22(20)26(28)32/h10-11,17-22H,3-9,12-14H2,1-2H3. The number of nitrogens with zero attached hydrogens (tertiary/aromatic N) is 2. The maximum absolute atomic E-state index is 12.9. The molecule has 0 spiro atoms. The monoisotopic (exact) mass is 438 g/mol. The maximum atomic E-state index is 12.9. The van der Waals surface area contributed by atoms with E-state index in [1.54, 1.807) is 0 Å². The van der Waals surface area contributed by atoms with E-state index in [0.717, 1.165) is 51.4 Å². The van der Waals surface area contributed by atoms with E-state index in [-0.39, 0.29) is 59.1 Å². The number of carbonyl (C=O) groups is 4. The average Bonchev–Trinajstić information content (AvgIpc) is 3.14. The van der Waals surface area contributed by atoms with Crippen molar-refractivity contribution in [3.63, 3.8) is 0 Å². The van der Waals surface area contributed by atoms with Gasteiger partial charge in [0.05, 0.1) is 23.7 Å². The fourth-order valence-corrected chi connectivity index (χ4v) is 6.77. The Morgan fingerprint density at radius 3 is 1.56 bits per heavy atom. The molecule has 2 heterocycles. The van der Waals surface area contributed by atoms with Gasteiger partial charge in [0, 0.05) is 13.1 Å². The predicted molar refractivity (Wildman–Crippen MR) is 119 cm³/mol. The van der Waals surface area contributed by atoms with Crippen LogP contribution < -0.4 is 0 Å². The molecule has 6 atom stereocenters. The van der Waals surface area contributed by atoms with Gasteiger partial charge < -0.3 is 0 Å². The van der Waals surface area contributed by atoms with Crippen LogP contribution >= 0.6 is 0 Å². The molecule has 0 N–H and O–H groups in total. The molecule has 32 heavy (non-hydrogen) atoms. The van der Waals surface area contributed by atoms with Gasteiger partial charge in [-0.05, 0) is 70.6 Å². The molecule has 0 radical (unpaired) electrons. The van der Waals surface area contributed by atoms with E-state index in [0.29, 0.717) is 13.1 Å². The van der Waals surface area contributed by atoms with Crippen LogP contribution in [0, 0.1) is 35.5 Å². The lowest BCUT2D eigenvalue weighted by Crippen LogP contribution is -2.40. The van der Waals surface area contributed by atoms with E-state index in [1.807, 2.05) is 26.0 Å². The van der Waals surface area contributed by atoms with E-state index in [9.17, 15) is 19.2 Å². The molecule has 0 aromatic carbocycles. The van der Waals surface area contributed by atoms with Crippen LogP contribution in [0.15, 0.2) is 23.3 Å². The van der Waals surface area contributed by atoms with Crippen molar-refractivity contribution in [2.75, 3.05) is 13.1 Å². The summed E-state index contributed by atoms with van der Waals surface area (Å²) < 4.78 is 0. The summed E-state index contributed by atoms with van der Waals surface area (Å²) in [5.41, 5.74) is 2.41. The Morgan fingerprint density at radius 1 is 0.688 bits per heavy atom. The quantitative estimate of drug-likeness (QED) is 0.498. The summed E-state index contributed by atoms with van der Waals surface area (Å²) in [5.74, 6) is -0.437. The fraction of sp³-hybridized carbons (Fsp3) is 0.692. The highest BCUT2D eigenvalue weighted by molar-refractivity contribution is 6.07. The molecular formula is C26H34N2O4. The van der Waals surface area contributed by atoms with Gasteiger partial charge in [0.25, 0.3) is 0 Å². The number of amides is 4. The SMILES string of the molecule is CC1=CC2C(=O)N(CC3CCCC(CN4C(=O)C5C=C(C)CCC5C4=O)C3)C(=O)C2CC1. The number of imide groups is 2. The van der Waals surface area contributed by atoms with E-state index in [2.05, 4.69) is 0 Å². The molecule has 4 amide bonds. The highest BCUT2D eigenvalue weighted by Gasteiger charge is 2.49. The molecule has 2 saturated heterocycles. The molecule has 0 bridgehead atoms. The molecule has 0 aromatic heterocycles. The van der Waals surface area contributed by atoms with Gasteiger partial charge >= 0.3 is 0 Å². The zero-order chi connectivity index (χ0) is 22.6. The van der Waals surface area contributed by atoms with Crippen LogP contribution in [-0.2, 0) is 19.2 Å². The van der Waals surface area contributed by atoms with Crippen LogP contribution in [0.4, 0.5) is 0 Å². The first-order valence-corrected chi connectivity index (χ1v) is 12.4. The molecule has 1 saturated carbocycles. The molecular weight excluding hydrogens is 404 g/mol. The number of hydrogen-bond donors (Lipinski definition) is 0. The fourth-order valence-electron chi connectivity index (χ4n) is 6.77. The second-order valence-corrected chi connectivity index (χ2v) is 10.8. The summed E-state index contributed by atoms with van der Waals surface area (Å²) in [4.78, 5) is 54.8. The zero-order valence-corrected chi connectivity index (χ0v) is 19.2. The van der Waals surface area contributed by atoms with Crippen LogP contribution in [0.1, 0.15) is 65.2 Å².